The highest BCUT2D eigenvalue weighted by molar-refractivity contribution is 5.75. The molecule has 3 heteroatoms. The Morgan fingerprint density at radius 1 is 1.38 bits per heavy atom. The van der Waals surface area contributed by atoms with Crippen molar-refractivity contribution in [1.29, 1.82) is 0 Å². The fourth-order valence-corrected chi connectivity index (χ4v) is 2.90. The van der Waals surface area contributed by atoms with Crippen molar-refractivity contribution in [2.24, 2.45) is 5.41 Å². The number of piperidine rings is 1. The molecule has 0 aliphatic carbocycles. The summed E-state index contributed by atoms with van der Waals surface area (Å²) in [6.45, 7) is 8.20. The Morgan fingerprint density at radius 2 is 2.00 bits per heavy atom. The molecule has 0 spiro atoms. The first kappa shape index (κ1) is 13.5. The SMILES string of the molecule is CCC(CC)N1CCCC(CC)(C(=O)O)C1. The van der Waals surface area contributed by atoms with Crippen LogP contribution in [0.4, 0.5) is 0 Å². The van der Waals surface area contributed by atoms with Gasteiger partial charge in [-0.1, -0.05) is 20.8 Å². The van der Waals surface area contributed by atoms with Crippen LogP contribution in [0.25, 0.3) is 0 Å². The number of aliphatic carboxylic acids is 1. The van der Waals surface area contributed by atoms with Crippen molar-refractivity contribution in [3.05, 3.63) is 0 Å². The van der Waals surface area contributed by atoms with Crippen molar-refractivity contribution in [3.8, 4) is 0 Å². The second-order valence-corrected chi connectivity index (χ2v) is 4.98. The van der Waals surface area contributed by atoms with Crippen molar-refractivity contribution in [2.75, 3.05) is 13.1 Å². The van der Waals surface area contributed by atoms with Crippen molar-refractivity contribution in [1.82, 2.24) is 4.90 Å². The Kier molecular flexibility index (Phi) is 4.78. The minimum absolute atomic E-state index is 0.485. The number of hydrogen-bond acceptors (Lipinski definition) is 2. The Hall–Kier alpha value is -0.570. The summed E-state index contributed by atoms with van der Waals surface area (Å²) in [5.41, 5.74) is -0.485. The van der Waals surface area contributed by atoms with E-state index in [9.17, 15) is 9.90 Å². The standard InChI is InChI=1S/C13H25NO2/c1-4-11(5-2)14-9-7-8-13(6-3,10-14)12(15)16/h11H,4-10H2,1-3H3,(H,15,16). The lowest BCUT2D eigenvalue weighted by Gasteiger charge is -2.42. The minimum Gasteiger partial charge on any atom is -0.481 e. The molecule has 0 amide bonds. The topological polar surface area (TPSA) is 40.5 Å². The maximum Gasteiger partial charge on any atom is 0.310 e. The molecule has 0 bridgehead atoms. The van der Waals surface area contributed by atoms with Crippen LogP contribution in [0.3, 0.4) is 0 Å². The van der Waals surface area contributed by atoms with Crippen LogP contribution in [-0.2, 0) is 4.79 Å². The Morgan fingerprint density at radius 3 is 2.44 bits per heavy atom. The molecule has 1 N–H and O–H groups in total. The van der Waals surface area contributed by atoms with Crippen LogP contribution in [0.5, 0.6) is 0 Å². The van der Waals surface area contributed by atoms with E-state index in [1.165, 1.54) is 0 Å². The number of carboxylic acid groups (broad SMARTS) is 1. The van der Waals surface area contributed by atoms with Crippen LogP contribution >= 0.6 is 0 Å². The predicted octanol–water partition coefficient (Wildman–Crippen LogP) is 2.75. The van der Waals surface area contributed by atoms with Gasteiger partial charge in [-0.3, -0.25) is 9.69 Å². The molecule has 1 saturated heterocycles. The highest BCUT2D eigenvalue weighted by Crippen LogP contribution is 2.35. The Balaban J connectivity index is 2.75. The molecule has 1 heterocycles. The monoisotopic (exact) mass is 227 g/mol. The first-order valence-corrected chi connectivity index (χ1v) is 6.57. The second kappa shape index (κ2) is 5.67. The summed E-state index contributed by atoms with van der Waals surface area (Å²) in [4.78, 5) is 13.8. The number of hydrogen-bond donors (Lipinski definition) is 1. The zero-order valence-electron chi connectivity index (χ0n) is 10.8. The van der Waals surface area contributed by atoms with E-state index in [2.05, 4.69) is 18.7 Å². The van der Waals surface area contributed by atoms with Crippen LogP contribution in [-0.4, -0.2) is 35.1 Å². The first-order chi connectivity index (χ1) is 7.59. The highest BCUT2D eigenvalue weighted by Gasteiger charge is 2.41. The quantitative estimate of drug-likeness (QED) is 0.785. The van der Waals surface area contributed by atoms with Gasteiger partial charge in [0.15, 0.2) is 0 Å². The molecule has 0 radical (unpaired) electrons. The van der Waals surface area contributed by atoms with E-state index in [1.807, 2.05) is 6.92 Å². The van der Waals surface area contributed by atoms with Crippen LogP contribution < -0.4 is 0 Å². The molecule has 1 aliphatic rings. The van der Waals surface area contributed by atoms with E-state index in [0.717, 1.165) is 45.2 Å². The number of rotatable bonds is 5. The van der Waals surface area contributed by atoms with E-state index in [4.69, 9.17) is 0 Å². The van der Waals surface area contributed by atoms with Gasteiger partial charge in [-0.15, -0.1) is 0 Å². The summed E-state index contributed by atoms with van der Waals surface area (Å²) < 4.78 is 0. The molecule has 0 aromatic carbocycles. The number of nitrogens with zero attached hydrogens (tertiary/aromatic N) is 1. The number of carbonyl (C=O) groups is 1. The minimum atomic E-state index is -0.606. The van der Waals surface area contributed by atoms with Gasteiger partial charge in [0.2, 0.25) is 0 Å². The van der Waals surface area contributed by atoms with Crippen molar-refractivity contribution >= 4 is 5.97 Å². The summed E-state index contributed by atoms with van der Waals surface area (Å²) in [7, 11) is 0. The average Bonchev–Trinajstić information content (AvgIpc) is 2.30. The van der Waals surface area contributed by atoms with E-state index in [-0.39, 0.29) is 0 Å². The van der Waals surface area contributed by atoms with E-state index in [0.29, 0.717) is 6.04 Å². The fourth-order valence-electron chi connectivity index (χ4n) is 2.90. The molecule has 1 rings (SSSR count). The van der Waals surface area contributed by atoms with Gasteiger partial charge in [0, 0.05) is 12.6 Å². The molecule has 1 aliphatic heterocycles. The van der Waals surface area contributed by atoms with Crippen molar-refractivity contribution < 1.29 is 9.90 Å². The molecule has 1 atom stereocenters. The summed E-state index contributed by atoms with van der Waals surface area (Å²) in [6, 6.07) is 0.561. The molecule has 0 aromatic heterocycles. The van der Waals surface area contributed by atoms with Gasteiger partial charge in [-0.05, 0) is 38.6 Å². The third-order valence-corrected chi connectivity index (χ3v) is 4.20. The van der Waals surface area contributed by atoms with Crippen LogP contribution in [0.1, 0.15) is 52.9 Å². The molecule has 94 valence electrons. The lowest BCUT2D eigenvalue weighted by molar-refractivity contribution is -0.153. The smallest absolute Gasteiger partial charge is 0.310 e. The second-order valence-electron chi connectivity index (χ2n) is 4.98. The maximum atomic E-state index is 11.4. The van der Waals surface area contributed by atoms with Gasteiger partial charge in [0.05, 0.1) is 5.41 Å². The number of likely N-dealkylation sites (tertiary alicyclic amines) is 1. The van der Waals surface area contributed by atoms with Crippen LogP contribution in [0, 0.1) is 5.41 Å². The van der Waals surface area contributed by atoms with Gasteiger partial charge < -0.3 is 5.11 Å². The molecule has 1 fully saturated rings. The third kappa shape index (κ3) is 2.57. The summed E-state index contributed by atoms with van der Waals surface area (Å²) in [5, 5.41) is 9.41. The molecule has 0 saturated carbocycles. The maximum absolute atomic E-state index is 11.4. The van der Waals surface area contributed by atoms with Crippen LogP contribution in [0.2, 0.25) is 0 Å². The van der Waals surface area contributed by atoms with Gasteiger partial charge in [0.1, 0.15) is 0 Å². The largest absolute Gasteiger partial charge is 0.481 e. The highest BCUT2D eigenvalue weighted by atomic mass is 16.4. The van der Waals surface area contributed by atoms with Crippen molar-refractivity contribution in [2.45, 2.75) is 58.9 Å². The molecule has 0 aromatic rings. The van der Waals surface area contributed by atoms with E-state index in [1.54, 1.807) is 0 Å². The third-order valence-electron chi connectivity index (χ3n) is 4.20. The summed E-state index contributed by atoms with van der Waals surface area (Å²) in [6.07, 6.45) is 4.86. The van der Waals surface area contributed by atoms with Crippen LogP contribution in [0.15, 0.2) is 0 Å². The molecular formula is C13H25NO2. The Bertz CT molecular complexity index is 238. The normalized spacial score (nSPS) is 27.2. The molecule has 3 nitrogen and oxygen atoms in total. The molecule has 16 heavy (non-hydrogen) atoms. The molecule has 1 unspecified atom stereocenters. The average molecular weight is 227 g/mol. The zero-order chi connectivity index (χ0) is 12.2. The lowest BCUT2D eigenvalue weighted by Crippen LogP contribution is -2.50. The Labute approximate surface area is 98.8 Å². The van der Waals surface area contributed by atoms with Gasteiger partial charge in [-0.25, -0.2) is 0 Å². The fraction of sp³-hybridized carbons (Fsp3) is 0.923. The van der Waals surface area contributed by atoms with Crippen molar-refractivity contribution in [3.63, 3.8) is 0 Å². The number of carboxylic acids is 1. The summed E-state index contributed by atoms with van der Waals surface area (Å²) in [5.74, 6) is -0.606. The molecular weight excluding hydrogens is 202 g/mol. The predicted molar refractivity (Wildman–Crippen MR) is 65.5 cm³/mol. The van der Waals surface area contributed by atoms with Gasteiger partial charge in [-0.2, -0.15) is 0 Å². The van der Waals surface area contributed by atoms with E-state index >= 15 is 0 Å². The zero-order valence-corrected chi connectivity index (χ0v) is 10.8. The first-order valence-electron chi connectivity index (χ1n) is 6.57. The van der Waals surface area contributed by atoms with Gasteiger partial charge in [0.25, 0.3) is 0 Å². The summed E-state index contributed by atoms with van der Waals surface area (Å²) >= 11 is 0. The van der Waals surface area contributed by atoms with E-state index < -0.39 is 11.4 Å². The van der Waals surface area contributed by atoms with Gasteiger partial charge >= 0.3 is 5.97 Å². The lowest BCUT2D eigenvalue weighted by atomic mass is 9.77.